The lowest BCUT2D eigenvalue weighted by Crippen LogP contribution is -2.65. The van der Waals surface area contributed by atoms with Crippen LogP contribution in [0.1, 0.15) is 112 Å². The maximum absolute atomic E-state index is 11.9. The molecule has 0 spiro atoms. The summed E-state index contributed by atoms with van der Waals surface area (Å²) in [5.74, 6) is 4.48. The number of aliphatic hydroxyl groups is 3. The number of ether oxygens (including phenoxy) is 2. The zero-order chi connectivity index (χ0) is 30.4. The van der Waals surface area contributed by atoms with Crippen LogP contribution in [-0.4, -0.2) is 64.6 Å². The van der Waals surface area contributed by atoms with E-state index in [1.807, 2.05) is 0 Å². The van der Waals surface area contributed by atoms with Crippen molar-refractivity contribution in [2.45, 2.75) is 149 Å². The third kappa shape index (κ3) is 5.99. The van der Waals surface area contributed by atoms with Gasteiger partial charge < -0.3 is 30.1 Å². The number of rotatable bonds is 9. The van der Waals surface area contributed by atoms with Crippen LogP contribution in [0, 0.1) is 46.3 Å². The number of fused-ring (bicyclic) bond motifs is 5. The van der Waals surface area contributed by atoms with Gasteiger partial charge in [-0.25, -0.2) is 0 Å². The van der Waals surface area contributed by atoms with Crippen LogP contribution in [-0.2, 0) is 14.3 Å². The Morgan fingerprint density at radius 3 is 2.52 bits per heavy atom. The van der Waals surface area contributed by atoms with Crippen molar-refractivity contribution in [1.29, 1.82) is 0 Å². The normalized spacial score (nSPS) is 45.9. The van der Waals surface area contributed by atoms with Crippen LogP contribution in [0.4, 0.5) is 0 Å². The Labute approximate surface area is 254 Å². The molecule has 0 unspecified atom stereocenters. The van der Waals surface area contributed by atoms with E-state index in [0.29, 0.717) is 5.41 Å². The summed E-state index contributed by atoms with van der Waals surface area (Å²) in [5, 5.41) is 33.5. The first-order valence-corrected chi connectivity index (χ1v) is 17.1. The second kappa shape index (κ2) is 12.8. The van der Waals surface area contributed by atoms with Crippen LogP contribution in [0.3, 0.4) is 0 Å². The zero-order valence-corrected chi connectivity index (χ0v) is 27.1. The lowest BCUT2D eigenvalue weighted by Gasteiger charge is -2.58. The molecule has 13 atom stereocenters. The molecule has 1 aliphatic heterocycles. The molecule has 3 saturated carbocycles. The molecule has 5 aliphatic rings. The van der Waals surface area contributed by atoms with Crippen molar-refractivity contribution < 1.29 is 29.6 Å². The number of carbonyl (C=O) groups excluding carboxylic acids is 1. The van der Waals surface area contributed by atoms with E-state index in [4.69, 9.17) is 9.47 Å². The zero-order valence-electron chi connectivity index (χ0n) is 27.1. The lowest BCUT2D eigenvalue weighted by molar-refractivity contribution is -0.284. The van der Waals surface area contributed by atoms with Gasteiger partial charge in [0, 0.05) is 6.92 Å². The number of amides is 1. The molecule has 0 aromatic carbocycles. The Morgan fingerprint density at radius 2 is 1.83 bits per heavy atom. The third-order valence-corrected chi connectivity index (χ3v) is 12.8. The summed E-state index contributed by atoms with van der Waals surface area (Å²) in [6.45, 7) is 13.3. The predicted octanol–water partition coefficient (Wildman–Crippen LogP) is 5.36. The van der Waals surface area contributed by atoms with Crippen molar-refractivity contribution in [3.05, 3.63) is 11.6 Å². The van der Waals surface area contributed by atoms with Crippen molar-refractivity contribution in [2.75, 3.05) is 6.61 Å². The Bertz CT molecular complexity index is 985. The molecule has 0 aromatic heterocycles. The SMILES string of the molecule is CC(=O)N[C@H]1[C@H](O[C@@H]2CC[C@@]3(C)C(=CC[C@H]4[C@H]5CC[C@@H]([C@@H](C)CCCC(C)C)[C@@]5(C)CC[C@@H]43)C2)O[C@H](CO)[C@@H](O)[C@@H]1O. The van der Waals surface area contributed by atoms with E-state index in [2.05, 4.69) is 46.0 Å². The minimum absolute atomic E-state index is 0.0969. The van der Waals surface area contributed by atoms with Gasteiger partial charge in [-0.2, -0.15) is 0 Å². The van der Waals surface area contributed by atoms with Crippen molar-refractivity contribution in [3.8, 4) is 0 Å². The van der Waals surface area contributed by atoms with Crippen LogP contribution in [0.15, 0.2) is 11.6 Å². The standard InChI is InChI=1S/C35H59NO6/c1-20(2)8-7-9-21(3)26-12-13-27-25-11-10-23-18-24(14-16-34(23,5)28(25)15-17-35(26,27)6)41-33-30(36-22(4)38)32(40)31(39)29(19-37)42-33/h10,20-21,24-33,37,39-40H,7-9,11-19H2,1-6H3,(H,36,38)/t21-,24+,25-,26-,27+,28-,29+,30+,31+,32+,33+,34-,35+/m0/s1. The molecule has 1 amide bonds. The average Bonchev–Trinajstić information content (AvgIpc) is 3.29. The van der Waals surface area contributed by atoms with Crippen LogP contribution < -0.4 is 5.32 Å². The van der Waals surface area contributed by atoms with E-state index in [1.54, 1.807) is 0 Å². The molecular weight excluding hydrogens is 530 g/mol. The van der Waals surface area contributed by atoms with Gasteiger partial charge in [0.15, 0.2) is 6.29 Å². The lowest BCUT2D eigenvalue weighted by atomic mass is 9.47. The van der Waals surface area contributed by atoms with E-state index in [0.717, 1.165) is 54.8 Å². The van der Waals surface area contributed by atoms with E-state index < -0.39 is 37.3 Å². The third-order valence-electron chi connectivity index (χ3n) is 12.8. The average molecular weight is 590 g/mol. The molecule has 7 heteroatoms. The van der Waals surface area contributed by atoms with Gasteiger partial charge in [0.1, 0.15) is 24.4 Å². The van der Waals surface area contributed by atoms with Gasteiger partial charge in [-0.1, -0.05) is 65.5 Å². The largest absolute Gasteiger partial charge is 0.394 e. The maximum Gasteiger partial charge on any atom is 0.217 e. The highest BCUT2D eigenvalue weighted by atomic mass is 16.7. The number of allylic oxidation sites excluding steroid dienone is 1. The maximum atomic E-state index is 11.9. The number of aliphatic hydroxyl groups excluding tert-OH is 3. The van der Waals surface area contributed by atoms with Crippen LogP contribution in [0.5, 0.6) is 0 Å². The van der Waals surface area contributed by atoms with Gasteiger partial charge in [0.05, 0.1) is 12.7 Å². The Kier molecular flexibility index (Phi) is 9.86. The highest BCUT2D eigenvalue weighted by Crippen LogP contribution is 2.67. The number of hydrogen-bond acceptors (Lipinski definition) is 6. The van der Waals surface area contributed by atoms with Crippen molar-refractivity contribution in [3.63, 3.8) is 0 Å². The first-order chi connectivity index (χ1) is 19.9. The Morgan fingerprint density at radius 1 is 1.07 bits per heavy atom. The summed E-state index contributed by atoms with van der Waals surface area (Å²) in [6, 6.07) is -0.891. The molecule has 4 N–H and O–H groups in total. The first-order valence-electron chi connectivity index (χ1n) is 17.1. The first kappa shape index (κ1) is 32.4. The van der Waals surface area contributed by atoms with Gasteiger partial charge in [0.25, 0.3) is 0 Å². The van der Waals surface area contributed by atoms with Crippen LogP contribution in [0.2, 0.25) is 0 Å². The smallest absolute Gasteiger partial charge is 0.217 e. The van der Waals surface area contributed by atoms with Crippen molar-refractivity contribution in [2.24, 2.45) is 46.3 Å². The van der Waals surface area contributed by atoms with Gasteiger partial charge in [-0.05, 0) is 97.7 Å². The summed E-state index contributed by atoms with van der Waals surface area (Å²) >= 11 is 0. The molecule has 0 radical (unpaired) electrons. The van der Waals surface area contributed by atoms with Crippen molar-refractivity contribution in [1.82, 2.24) is 5.32 Å². The molecule has 7 nitrogen and oxygen atoms in total. The second-order valence-corrected chi connectivity index (χ2v) is 15.7. The van der Waals surface area contributed by atoms with E-state index in [1.165, 1.54) is 63.9 Å². The van der Waals surface area contributed by atoms with Gasteiger partial charge in [-0.15, -0.1) is 0 Å². The Balaban J connectivity index is 1.26. The van der Waals surface area contributed by atoms with E-state index in [-0.39, 0.29) is 17.4 Å². The quantitative estimate of drug-likeness (QED) is 0.270. The highest BCUT2D eigenvalue weighted by Gasteiger charge is 2.59. The summed E-state index contributed by atoms with van der Waals surface area (Å²) < 4.78 is 12.3. The molecule has 1 saturated heterocycles. The minimum Gasteiger partial charge on any atom is -0.394 e. The summed E-state index contributed by atoms with van der Waals surface area (Å²) in [4.78, 5) is 11.9. The molecule has 0 aromatic rings. The molecule has 1 heterocycles. The number of carbonyl (C=O) groups is 1. The topological polar surface area (TPSA) is 108 Å². The van der Waals surface area contributed by atoms with Gasteiger partial charge in [0.2, 0.25) is 5.91 Å². The summed E-state index contributed by atoms with van der Waals surface area (Å²) in [6.07, 6.45) is 11.5. The van der Waals surface area contributed by atoms with E-state index >= 15 is 0 Å². The minimum atomic E-state index is -1.30. The fourth-order valence-corrected chi connectivity index (χ4v) is 10.5. The van der Waals surface area contributed by atoms with Gasteiger partial charge >= 0.3 is 0 Å². The summed E-state index contributed by atoms with van der Waals surface area (Å²) in [7, 11) is 0. The molecular formula is C35H59NO6. The molecule has 5 rings (SSSR count). The van der Waals surface area contributed by atoms with Crippen molar-refractivity contribution >= 4 is 5.91 Å². The van der Waals surface area contributed by atoms with Crippen LogP contribution in [0.25, 0.3) is 0 Å². The highest BCUT2D eigenvalue weighted by molar-refractivity contribution is 5.73. The number of nitrogens with one attached hydrogen (secondary N) is 1. The molecule has 42 heavy (non-hydrogen) atoms. The number of hydrogen-bond donors (Lipinski definition) is 4. The fraction of sp³-hybridized carbons (Fsp3) is 0.914. The molecule has 240 valence electrons. The predicted molar refractivity (Wildman–Crippen MR) is 163 cm³/mol. The van der Waals surface area contributed by atoms with Crippen LogP contribution >= 0.6 is 0 Å². The summed E-state index contributed by atoms with van der Waals surface area (Å²) in [5.41, 5.74) is 2.18. The molecule has 4 fully saturated rings. The molecule has 0 bridgehead atoms. The van der Waals surface area contributed by atoms with Gasteiger partial charge in [-0.3, -0.25) is 4.79 Å². The fourth-order valence-electron chi connectivity index (χ4n) is 10.5. The second-order valence-electron chi connectivity index (χ2n) is 15.7. The molecule has 4 aliphatic carbocycles. The van der Waals surface area contributed by atoms with E-state index in [9.17, 15) is 20.1 Å². The Hall–Kier alpha value is -0.990. The monoisotopic (exact) mass is 589 g/mol.